The van der Waals surface area contributed by atoms with Gasteiger partial charge in [0.05, 0.1) is 5.56 Å². The first-order chi connectivity index (χ1) is 15.8. The molecular formula is C24H26FN5O2S. The van der Waals surface area contributed by atoms with Gasteiger partial charge in [-0.3, -0.25) is 19.5 Å². The predicted molar refractivity (Wildman–Crippen MR) is 126 cm³/mol. The van der Waals surface area contributed by atoms with Crippen molar-refractivity contribution in [2.75, 3.05) is 25.0 Å². The molecule has 2 amide bonds. The van der Waals surface area contributed by atoms with Gasteiger partial charge in [-0.05, 0) is 56.2 Å². The smallest absolute Gasteiger partial charge is 0.283 e. The Morgan fingerprint density at radius 2 is 2.03 bits per heavy atom. The molecule has 3 aromatic rings. The summed E-state index contributed by atoms with van der Waals surface area (Å²) in [5.41, 5.74) is 3.30. The minimum atomic E-state index is -0.404. The molecule has 0 bridgehead atoms. The third-order valence-electron chi connectivity index (χ3n) is 5.88. The molecule has 0 radical (unpaired) electrons. The van der Waals surface area contributed by atoms with Crippen molar-refractivity contribution < 1.29 is 14.0 Å². The van der Waals surface area contributed by atoms with E-state index in [1.54, 1.807) is 23.7 Å². The second-order valence-corrected chi connectivity index (χ2v) is 9.19. The normalized spacial score (nSPS) is 16.6. The van der Waals surface area contributed by atoms with E-state index in [-0.39, 0.29) is 17.9 Å². The SMILES string of the molecule is Cc1ccc(C(=O)Nc2cc(F)cc(CN3CCN(C(=O)c4nccs4)[C@@H](C)C3)c2C)cn1. The highest BCUT2D eigenvalue weighted by atomic mass is 32.1. The van der Waals surface area contributed by atoms with Crippen molar-refractivity contribution in [2.24, 2.45) is 0 Å². The third-order valence-corrected chi connectivity index (χ3v) is 6.64. The van der Waals surface area contributed by atoms with Crippen LogP contribution in [0.4, 0.5) is 10.1 Å². The number of benzene rings is 1. The molecule has 2 aromatic heterocycles. The van der Waals surface area contributed by atoms with E-state index in [1.165, 1.54) is 29.7 Å². The lowest BCUT2D eigenvalue weighted by Gasteiger charge is -2.39. The molecule has 1 aliphatic heterocycles. The van der Waals surface area contributed by atoms with Crippen molar-refractivity contribution in [3.63, 3.8) is 0 Å². The van der Waals surface area contributed by atoms with E-state index in [9.17, 15) is 14.0 Å². The maximum Gasteiger partial charge on any atom is 0.283 e. The van der Waals surface area contributed by atoms with Crippen molar-refractivity contribution in [1.82, 2.24) is 19.8 Å². The van der Waals surface area contributed by atoms with E-state index < -0.39 is 5.82 Å². The largest absolute Gasteiger partial charge is 0.331 e. The van der Waals surface area contributed by atoms with Gasteiger partial charge >= 0.3 is 0 Å². The van der Waals surface area contributed by atoms with Crippen molar-refractivity contribution in [3.05, 3.63) is 75.2 Å². The molecule has 1 aromatic carbocycles. The number of hydrogen-bond acceptors (Lipinski definition) is 6. The van der Waals surface area contributed by atoms with E-state index in [0.717, 1.165) is 16.8 Å². The van der Waals surface area contributed by atoms with Crippen LogP contribution in [-0.4, -0.2) is 57.3 Å². The Kier molecular flexibility index (Phi) is 6.80. The van der Waals surface area contributed by atoms with E-state index in [0.29, 0.717) is 42.4 Å². The van der Waals surface area contributed by atoms with Crippen LogP contribution in [0, 0.1) is 19.7 Å². The molecule has 7 nitrogen and oxygen atoms in total. The Morgan fingerprint density at radius 3 is 2.70 bits per heavy atom. The van der Waals surface area contributed by atoms with Gasteiger partial charge in [0.15, 0.2) is 5.01 Å². The van der Waals surface area contributed by atoms with Crippen LogP contribution in [0.2, 0.25) is 0 Å². The molecule has 1 fully saturated rings. The summed E-state index contributed by atoms with van der Waals surface area (Å²) in [6.07, 6.45) is 3.14. The number of piperazine rings is 1. The molecule has 1 N–H and O–H groups in total. The number of pyridine rings is 1. The number of nitrogens with zero attached hydrogens (tertiary/aromatic N) is 4. The van der Waals surface area contributed by atoms with Gasteiger partial charge in [-0.1, -0.05) is 0 Å². The minimum absolute atomic E-state index is 0.0113. The summed E-state index contributed by atoms with van der Waals surface area (Å²) >= 11 is 1.34. The number of thiazole rings is 1. The highest BCUT2D eigenvalue weighted by Crippen LogP contribution is 2.25. The monoisotopic (exact) mass is 467 g/mol. The van der Waals surface area contributed by atoms with Gasteiger partial charge in [0, 0.05) is 61.4 Å². The molecule has 0 unspecified atom stereocenters. The molecule has 0 spiro atoms. The highest BCUT2D eigenvalue weighted by molar-refractivity contribution is 7.11. The van der Waals surface area contributed by atoms with Gasteiger partial charge < -0.3 is 10.2 Å². The quantitative estimate of drug-likeness (QED) is 0.616. The zero-order valence-electron chi connectivity index (χ0n) is 18.8. The fraction of sp³-hybridized carbons (Fsp3) is 0.333. The van der Waals surface area contributed by atoms with Crippen LogP contribution in [0.3, 0.4) is 0 Å². The predicted octanol–water partition coefficient (Wildman–Crippen LogP) is 3.89. The zero-order valence-corrected chi connectivity index (χ0v) is 19.7. The molecule has 4 rings (SSSR count). The number of aryl methyl sites for hydroxylation is 1. The van der Waals surface area contributed by atoms with E-state index in [4.69, 9.17) is 0 Å². The van der Waals surface area contributed by atoms with Crippen molar-refractivity contribution >= 4 is 28.8 Å². The van der Waals surface area contributed by atoms with Gasteiger partial charge in [0.1, 0.15) is 5.82 Å². The summed E-state index contributed by atoms with van der Waals surface area (Å²) < 4.78 is 14.4. The number of rotatable bonds is 5. The van der Waals surface area contributed by atoms with Gasteiger partial charge in [0.25, 0.3) is 11.8 Å². The third kappa shape index (κ3) is 5.26. The molecule has 1 atom stereocenters. The zero-order chi connectivity index (χ0) is 23.5. The van der Waals surface area contributed by atoms with Crippen LogP contribution in [0.5, 0.6) is 0 Å². The number of aromatic nitrogens is 2. The fourth-order valence-corrected chi connectivity index (χ4v) is 4.59. The lowest BCUT2D eigenvalue weighted by molar-refractivity contribution is 0.0474. The maximum absolute atomic E-state index is 14.4. The van der Waals surface area contributed by atoms with E-state index in [2.05, 4.69) is 20.2 Å². The molecule has 0 saturated carbocycles. The average Bonchev–Trinajstić information content (AvgIpc) is 3.32. The fourth-order valence-electron chi connectivity index (χ4n) is 4.00. The number of amides is 2. The summed E-state index contributed by atoms with van der Waals surface area (Å²) in [5, 5.41) is 5.11. The Morgan fingerprint density at radius 1 is 1.21 bits per heavy atom. The van der Waals surface area contributed by atoms with Gasteiger partial charge in [-0.15, -0.1) is 11.3 Å². The molecule has 33 heavy (non-hydrogen) atoms. The van der Waals surface area contributed by atoms with Crippen LogP contribution in [0.25, 0.3) is 0 Å². The highest BCUT2D eigenvalue weighted by Gasteiger charge is 2.29. The standard InChI is InChI=1S/C24H26FN5O2S/c1-15-4-5-18(12-27-15)22(31)28-21-11-20(25)10-19(17(21)3)14-29-7-8-30(16(2)13-29)24(32)23-26-6-9-33-23/h4-6,9-12,16H,7-8,13-14H2,1-3H3,(H,28,31)/t16-/m0/s1. The molecule has 9 heteroatoms. The van der Waals surface area contributed by atoms with Crippen molar-refractivity contribution in [2.45, 2.75) is 33.4 Å². The number of halogens is 1. The number of hydrogen-bond donors (Lipinski definition) is 1. The maximum atomic E-state index is 14.4. The molecule has 1 aliphatic rings. The Hall–Kier alpha value is -3.17. The van der Waals surface area contributed by atoms with Crippen LogP contribution < -0.4 is 5.32 Å². The van der Waals surface area contributed by atoms with Crippen LogP contribution in [-0.2, 0) is 6.54 Å². The van der Waals surface area contributed by atoms with Crippen LogP contribution >= 0.6 is 11.3 Å². The lowest BCUT2D eigenvalue weighted by Crippen LogP contribution is -2.53. The van der Waals surface area contributed by atoms with E-state index >= 15 is 0 Å². The number of carbonyl (C=O) groups is 2. The van der Waals surface area contributed by atoms with Gasteiger partial charge in [0.2, 0.25) is 0 Å². The van der Waals surface area contributed by atoms with Crippen LogP contribution in [0.1, 0.15) is 43.9 Å². The average molecular weight is 468 g/mol. The first kappa shape index (κ1) is 23.0. The lowest BCUT2D eigenvalue weighted by atomic mass is 10.0. The second-order valence-electron chi connectivity index (χ2n) is 8.30. The van der Waals surface area contributed by atoms with Crippen molar-refractivity contribution in [3.8, 4) is 0 Å². The number of nitrogens with one attached hydrogen (secondary N) is 1. The first-order valence-electron chi connectivity index (χ1n) is 10.8. The first-order valence-corrected chi connectivity index (χ1v) is 11.7. The summed E-state index contributed by atoms with van der Waals surface area (Å²) in [6.45, 7) is 8.19. The summed E-state index contributed by atoms with van der Waals surface area (Å²) in [4.78, 5) is 37.6. The molecule has 172 valence electrons. The van der Waals surface area contributed by atoms with E-state index in [1.807, 2.05) is 25.7 Å². The minimum Gasteiger partial charge on any atom is -0.331 e. The topological polar surface area (TPSA) is 78.4 Å². The Labute approximate surface area is 196 Å². The molecule has 0 aliphatic carbocycles. The molecule has 1 saturated heterocycles. The Balaban J connectivity index is 1.44. The Bertz CT molecular complexity index is 1150. The number of carbonyl (C=O) groups excluding carboxylic acids is 2. The summed E-state index contributed by atoms with van der Waals surface area (Å²) in [7, 11) is 0. The van der Waals surface area contributed by atoms with Gasteiger partial charge in [-0.2, -0.15) is 0 Å². The number of anilines is 1. The van der Waals surface area contributed by atoms with Crippen LogP contribution in [0.15, 0.2) is 42.0 Å². The second kappa shape index (κ2) is 9.76. The van der Waals surface area contributed by atoms with Gasteiger partial charge in [-0.25, -0.2) is 9.37 Å². The summed E-state index contributed by atoms with van der Waals surface area (Å²) in [5.74, 6) is -0.779. The summed E-state index contributed by atoms with van der Waals surface area (Å²) in [6, 6.07) is 6.32. The van der Waals surface area contributed by atoms with Crippen molar-refractivity contribution in [1.29, 1.82) is 0 Å². The molecule has 3 heterocycles. The molecular weight excluding hydrogens is 441 g/mol.